The van der Waals surface area contributed by atoms with Gasteiger partial charge in [-0.3, -0.25) is 0 Å². The van der Waals surface area contributed by atoms with Crippen LogP contribution in [-0.4, -0.2) is 13.1 Å². The Morgan fingerprint density at radius 3 is 2.53 bits per heavy atom. The number of anilines is 1. The topological polar surface area (TPSA) is 29.3 Å². The lowest BCUT2D eigenvalue weighted by atomic mass is 9.98. The van der Waals surface area contributed by atoms with Gasteiger partial charge in [0.2, 0.25) is 0 Å². The largest absolute Gasteiger partial charge is 0.372 e. The van der Waals surface area contributed by atoms with Crippen molar-refractivity contribution in [2.75, 3.05) is 18.0 Å². The number of nitrogens with zero attached hydrogens (tertiary/aromatic N) is 1. The predicted octanol–water partition coefficient (Wildman–Crippen LogP) is 4.11. The molecule has 0 spiro atoms. The van der Waals surface area contributed by atoms with Gasteiger partial charge in [0.15, 0.2) is 0 Å². The standard InChI is InChI=1S/C17H28N2/c1-3-14-6-5-12-19(13-11-14)16-9-7-15(8-10-16)17(18)4-2/h7-10,14,17H,3-6,11-13,18H2,1-2H3. The smallest absolute Gasteiger partial charge is 0.0366 e. The SMILES string of the molecule is CCC1CCCN(c2ccc(C(N)CC)cc2)CC1. The van der Waals surface area contributed by atoms with Crippen LogP contribution in [0.4, 0.5) is 5.69 Å². The summed E-state index contributed by atoms with van der Waals surface area (Å²) in [5.41, 5.74) is 8.69. The van der Waals surface area contributed by atoms with Gasteiger partial charge in [0.1, 0.15) is 0 Å². The summed E-state index contributed by atoms with van der Waals surface area (Å²) in [6.45, 7) is 6.87. The van der Waals surface area contributed by atoms with Gasteiger partial charge in [-0.15, -0.1) is 0 Å². The molecule has 1 heterocycles. The summed E-state index contributed by atoms with van der Waals surface area (Å²) in [5, 5.41) is 0. The Bertz CT molecular complexity index is 371. The molecule has 2 atom stereocenters. The molecule has 19 heavy (non-hydrogen) atoms. The first-order chi connectivity index (χ1) is 9.24. The van der Waals surface area contributed by atoms with E-state index in [9.17, 15) is 0 Å². The summed E-state index contributed by atoms with van der Waals surface area (Å²) in [6.07, 6.45) is 6.40. The molecule has 1 aromatic rings. The van der Waals surface area contributed by atoms with E-state index in [0.717, 1.165) is 12.3 Å². The maximum atomic E-state index is 6.07. The summed E-state index contributed by atoms with van der Waals surface area (Å²) in [4.78, 5) is 2.54. The highest BCUT2D eigenvalue weighted by molar-refractivity contribution is 5.48. The average molecular weight is 260 g/mol. The first-order valence-corrected chi connectivity index (χ1v) is 7.85. The maximum absolute atomic E-state index is 6.07. The summed E-state index contributed by atoms with van der Waals surface area (Å²) < 4.78 is 0. The second kappa shape index (κ2) is 6.95. The van der Waals surface area contributed by atoms with Crippen molar-refractivity contribution in [3.05, 3.63) is 29.8 Å². The molecule has 0 amide bonds. The molecule has 2 rings (SSSR count). The quantitative estimate of drug-likeness (QED) is 0.882. The maximum Gasteiger partial charge on any atom is 0.0366 e. The molecule has 1 aliphatic rings. The van der Waals surface area contributed by atoms with Crippen LogP contribution >= 0.6 is 0 Å². The zero-order chi connectivity index (χ0) is 13.7. The lowest BCUT2D eigenvalue weighted by Crippen LogP contribution is -2.24. The van der Waals surface area contributed by atoms with Crippen LogP contribution in [-0.2, 0) is 0 Å². The van der Waals surface area contributed by atoms with Crippen LogP contribution in [0.15, 0.2) is 24.3 Å². The minimum atomic E-state index is 0.183. The third-order valence-electron chi connectivity index (χ3n) is 4.55. The summed E-state index contributed by atoms with van der Waals surface area (Å²) in [5.74, 6) is 0.929. The molecule has 0 radical (unpaired) electrons. The Labute approximate surface area is 118 Å². The van der Waals surface area contributed by atoms with Crippen molar-refractivity contribution in [3.63, 3.8) is 0 Å². The molecule has 0 saturated carbocycles. The molecular formula is C17H28N2. The van der Waals surface area contributed by atoms with Crippen LogP contribution in [0.3, 0.4) is 0 Å². The molecule has 0 aromatic heterocycles. The summed E-state index contributed by atoms with van der Waals surface area (Å²) >= 11 is 0. The molecule has 1 aliphatic heterocycles. The van der Waals surface area contributed by atoms with Gasteiger partial charge in [0, 0.05) is 24.8 Å². The highest BCUT2D eigenvalue weighted by Gasteiger charge is 2.16. The van der Waals surface area contributed by atoms with Crippen LogP contribution in [0, 0.1) is 5.92 Å². The van der Waals surface area contributed by atoms with Crippen molar-refractivity contribution in [2.24, 2.45) is 11.7 Å². The van der Waals surface area contributed by atoms with E-state index in [-0.39, 0.29) is 6.04 Å². The average Bonchev–Trinajstić information content (AvgIpc) is 2.72. The number of nitrogens with two attached hydrogens (primary N) is 1. The summed E-state index contributed by atoms with van der Waals surface area (Å²) in [7, 11) is 0. The van der Waals surface area contributed by atoms with E-state index in [1.807, 2.05) is 0 Å². The molecule has 1 fully saturated rings. The minimum Gasteiger partial charge on any atom is -0.372 e. The lowest BCUT2D eigenvalue weighted by Gasteiger charge is -2.23. The Morgan fingerprint density at radius 1 is 1.16 bits per heavy atom. The fourth-order valence-electron chi connectivity index (χ4n) is 3.00. The van der Waals surface area contributed by atoms with Gasteiger partial charge < -0.3 is 10.6 Å². The molecule has 1 saturated heterocycles. The van der Waals surface area contributed by atoms with Crippen molar-refractivity contribution < 1.29 is 0 Å². The molecule has 2 nitrogen and oxygen atoms in total. The number of hydrogen-bond donors (Lipinski definition) is 1. The van der Waals surface area contributed by atoms with Crippen molar-refractivity contribution in [1.29, 1.82) is 0 Å². The van der Waals surface area contributed by atoms with E-state index in [4.69, 9.17) is 5.73 Å². The van der Waals surface area contributed by atoms with Gasteiger partial charge in [-0.05, 0) is 49.3 Å². The highest BCUT2D eigenvalue weighted by Crippen LogP contribution is 2.25. The van der Waals surface area contributed by atoms with E-state index < -0.39 is 0 Å². The number of rotatable bonds is 4. The molecular weight excluding hydrogens is 232 g/mol. The van der Waals surface area contributed by atoms with E-state index in [0.29, 0.717) is 0 Å². The Kier molecular flexibility index (Phi) is 5.26. The van der Waals surface area contributed by atoms with Gasteiger partial charge in [-0.2, -0.15) is 0 Å². The second-order valence-electron chi connectivity index (χ2n) is 5.80. The molecule has 106 valence electrons. The van der Waals surface area contributed by atoms with Crippen molar-refractivity contribution in [3.8, 4) is 0 Å². The van der Waals surface area contributed by atoms with E-state index in [2.05, 4.69) is 43.0 Å². The van der Waals surface area contributed by atoms with Gasteiger partial charge >= 0.3 is 0 Å². The van der Waals surface area contributed by atoms with Crippen LogP contribution in [0.1, 0.15) is 57.6 Å². The highest BCUT2D eigenvalue weighted by atomic mass is 15.1. The summed E-state index contributed by atoms with van der Waals surface area (Å²) in [6, 6.07) is 9.08. The van der Waals surface area contributed by atoms with Crippen LogP contribution < -0.4 is 10.6 Å². The molecule has 2 N–H and O–H groups in total. The fourth-order valence-corrected chi connectivity index (χ4v) is 3.00. The number of benzene rings is 1. The molecule has 0 aliphatic carbocycles. The van der Waals surface area contributed by atoms with E-state index in [1.165, 1.54) is 50.0 Å². The third-order valence-corrected chi connectivity index (χ3v) is 4.55. The fraction of sp³-hybridized carbons (Fsp3) is 0.647. The Balaban J connectivity index is 2.01. The lowest BCUT2D eigenvalue weighted by molar-refractivity contribution is 0.459. The zero-order valence-electron chi connectivity index (χ0n) is 12.4. The van der Waals surface area contributed by atoms with Gasteiger partial charge in [-0.25, -0.2) is 0 Å². The molecule has 0 bridgehead atoms. The predicted molar refractivity (Wildman–Crippen MR) is 83.5 cm³/mol. The first-order valence-electron chi connectivity index (χ1n) is 7.85. The Hall–Kier alpha value is -1.02. The van der Waals surface area contributed by atoms with E-state index in [1.54, 1.807) is 0 Å². The van der Waals surface area contributed by atoms with Crippen molar-refractivity contribution >= 4 is 5.69 Å². The van der Waals surface area contributed by atoms with E-state index >= 15 is 0 Å². The molecule has 2 heteroatoms. The molecule has 2 unspecified atom stereocenters. The van der Waals surface area contributed by atoms with Crippen LogP contribution in [0.2, 0.25) is 0 Å². The molecule has 1 aromatic carbocycles. The van der Waals surface area contributed by atoms with Crippen LogP contribution in [0.5, 0.6) is 0 Å². The van der Waals surface area contributed by atoms with Crippen molar-refractivity contribution in [2.45, 2.75) is 52.0 Å². The van der Waals surface area contributed by atoms with Gasteiger partial charge in [-0.1, -0.05) is 32.4 Å². The Morgan fingerprint density at radius 2 is 1.89 bits per heavy atom. The minimum absolute atomic E-state index is 0.183. The first kappa shape index (κ1) is 14.4. The normalized spacial score (nSPS) is 22.1. The number of hydrogen-bond acceptors (Lipinski definition) is 2. The van der Waals surface area contributed by atoms with Crippen LogP contribution in [0.25, 0.3) is 0 Å². The zero-order valence-corrected chi connectivity index (χ0v) is 12.4. The van der Waals surface area contributed by atoms with Crippen molar-refractivity contribution in [1.82, 2.24) is 0 Å². The van der Waals surface area contributed by atoms with Gasteiger partial charge in [0.05, 0.1) is 0 Å². The second-order valence-corrected chi connectivity index (χ2v) is 5.80. The van der Waals surface area contributed by atoms with Gasteiger partial charge in [0.25, 0.3) is 0 Å². The third kappa shape index (κ3) is 3.73. The monoisotopic (exact) mass is 260 g/mol.